The number of nitrogens with one attached hydrogen (secondary N) is 1. The molecule has 1 rings (SSSR count). The van der Waals surface area contributed by atoms with Crippen LogP contribution in [0.5, 0.6) is 0 Å². The smallest absolute Gasteiger partial charge is 0.0107 e. The number of hydrogen-bond donors (Lipinski definition) is 2. The van der Waals surface area contributed by atoms with E-state index in [0.717, 1.165) is 12.5 Å². The zero-order valence-electron chi connectivity index (χ0n) is 11.0. The lowest BCUT2D eigenvalue weighted by atomic mass is 10.0. The van der Waals surface area contributed by atoms with Crippen molar-refractivity contribution >= 4 is 0 Å². The van der Waals surface area contributed by atoms with Gasteiger partial charge in [-0.1, -0.05) is 26.7 Å². The third-order valence-electron chi connectivity index (χ3n) is 3.82. The number of hydrogen-bond acceptors (Lipinski definition) is 3. The van der Waals surface area contributed by atoms with Crippen molar-refractivity contribution < 1.29 is 0 Å². The molecule has 1 aliphatic heterocycles. The van der Waals surface area contributed by atoms with Crippen LogP contribution in [0.15, 0.2) is 0 Å². The zero-order valence-corrected chi connectivity index (χ0v) is 11.0. The maximum atomic E-state index is 5.89. The van der Waals surface area contributed by atoms with E-state index < -0.39 is 0 Å². The second-order valence-electron chi connectivity index (χ2n) is 5.07. The van der Waals surface area contributed by atoms with E-state index in [1.54, 1.807) is 0 Å². The Morgan fingerprint density at radius 1 is 1.25 bits per heavy atom. The van der Waals surface area contributed by atoms with Gasteiger partial charge in [-0.3, -0.25) is 0 Å². The molecule has 0 spiro atoms. The molecule has 0 aromatic carbocycles. The number of nitrogens with zero attached hydrogens (tertiary/aromatic N) is 1. The van der Waals surface area contributed by atoms with Gasteiger partial charge in [0.25, 0.3) is 0 Å². The molecule has 0 aromatic rings. The molecule has 1 heterocycles. The van der Waals surface area contributed by atoms with Gasteiger partial charge in [0.15, 0.2) is 0 Å². The zero-order chi connectivity index (χ0) is 11.8. The van der Waals surface area contributed by atoms with Crippen molar-refractivity contribution in [3.8, 4) is 0 Å². The van der Waals surface area contributed by atoms with Gasteiger partial charge in [-0.2, -0.15) is 0 Å². The Morgan fingerprint density at radius 3 is 2.44 bits per heavy atom. The monoisotopic (exact) mass is 227 g/mol. The molecule has 3 heteroatoms. The number of nitrogens with two attached hydrogens (primary N) is 1. The van der Waals surface area contributed by atoms with Crippen molar-refractivity contribution in [1.29, 1.82) is 0 Å². The lowest BCUT2D eigenvalue weighted by Gasteiger charge is -2.30. The second-order valence-corrected chi connectivity index (χ2v) is 5.07. The second kappa shape index (κ2) is 8.04. The summed E-state index contributed by atoms with van der Waals surface area (Å²) >= 11 is 0. The molecule has 0 aromatic heterocycles. The fraction of sp³-hybridized carbons (Fsp3) is 1.00. The molecule has 0 bridgehead atoms. The van der Waals surface area contributed by atoms with E-state index in [1.807, 2.05) is 0 Å². The first kappa shape index (κ1) is 13.9. The first-order valence-electron chi connectivity index (χ1n) is 6.94. The van der Waals surface area contributed by atoms with Crippen molar-refractivity contribution in [3.05, 3.63) is 0 Å². The van der Waals surface area contributed by atoms with Crippen LogP contribution in [0, 0.1) is 5.92 Å². The molecule has 16 heavy (non-hydrogen) atoms. The first-order valence-corrected chi connectivity index (χ1v) is 6.94. The Kier molecular flexibility index (Phi) is 7.01. The van der Waals surface area contributed by atoms with Crippen LogP contribution in [-0.2, 0) is 0 Å². The van der Waals surface area contributed by atoms with E-state index in [1.165, 1.54) is 51.9 Å². The lowest BCUT2D eigenvalue weighted by molar-refractivity contribution is 0.212. The third kappa shape index (κ3) is 5.28. The molecule has 3 N–H and O–H groups in total. The molecule has 1 aliphatic rings. The molecule has 0 atom stereocenters. The van der Waals surface area contributed by atoms with Gasteiger partial charge in [0.05, 0.1) is 0 Å². The van der Waals surface area contributed by atoms with E-state index in [0.29, 0.717) is 6.04 Å². The highest BCUT2D eigenvalue weighted by Gasteiger charge is 2.15. The molecule has 0 unspecified atom stereocenters. The fourth-order valence-corrected chi connectivity index (χ4v) is 2.30. The molecule has 0 saturated carbocycles. The Bertz CT molecular complexity index is 161. The quantitative estimate of drug-likeness (QED) is 0.647. The maximum absolute atomic E-state index is 5.89. The number of likely N-dealkylation sites (tertiary alicyclic amines) is 1. The van der Waals surface area contributed by atoms with E-state index in [2.05, 4.69) is 24.1 Å². The van der Waals surface area contributed by atoms with Crippen LogP contribution in [0.2, 0.25) is 0 Å². The average molecular weight is 227 g/mol. The Balaban J connectivity index is 1.98. The number of piperidine rings is 1. The Hall–Kier alpha value is -0.120. The minimum atomic E-state index is 0.453. The van der Waals surface area contributed by atoms with Gasteiger partial charge in [0.1, 0.15) is 0 Å². The largest absolute Gasteiger partial charge is 0.328 e. The topological polar surface area (TPSA) is 41.3 Å². The van der Waals surface area contributed by atoms with Crippen LogP contribution >= 0.6 is 0 Å². The lowest BCUT2D eigenvalue weighted by Crippen LogP contribution is -2.42. The van der Waals surface area contributed by atoms with Crippen molar-refractivity contribution in [3.63, 3.8) is 0 Å². The normalized spacial score (nSPS) is 19.5. The molecular weight excluding hydrogens is 198 g/mol. The predicted octanol–water partition coefficient (Wildman–Crippen LogP) is 1.44. The fourth-order valence-electron chi connectivity index (χ4n) is 2.30. The van der Waals surface area contributed by atoms with Crippen LogP contribution < -0.4 is 11.1 Å². The molecule has 0 aliphatic carbocycles. The molecule has 1 fully saturated rings. The van der Waals surface area contributed by atoms with Crippen molar-refractivity contribution in [2.75, 3.05) is 32.7 Å². The average Bonchev–Trinajstić information content (AvgIpc) is 2.32. The van der Waals surface area contributed by atoms with Gasteiger partial charge in [-0.25, -0.2) is 0 Å². The van der Waals surface area contributed by atoms with Gasteiger partial charge in [0.2, 0.25) is 0 Å². The molecule has 0 radical (unpaired) electrons. The third-order valence-corrected chi connectivity index (χ3v) is 3.82. The molecule has 1 saturated heterocycles. The molecular formula is C13H29N3. The summed E-state index contributed by atoms with van der Waals surface area (Å²) in [6.07, 6.45) is 4.93. The molecule has 0 amide bonds. The highest BCUT2D eigenvalue weighted by atomic mass is 15.1. The predicted molar refractivity (Wildman–Crippen MR) is 70.6 cm³/mol. The summed E-state index contributed by atoms with van der Waals surface area (Å²) in [6.45, 7) is 10.4. The summed E-state index contributed by atoms with van der Waals surface area (Å²) in [5.74, 6) is 0.856. The minimum Gasteiger partial charge on any atom is -0.328 e. The van der Waals surface area contributed by atoms with Crippen LogP contribution in [0.25, 0.3) is 0 Å². The highest BCUT2D eigenvalue weighted by molar-refractivity contribution is 4.74. The van der Waals surface area contributed by atoms with Gasteiger partial charge >= 0.3 is 0 Å². The van der Waals surface area contributed by atoms with E-state index in [9.17, 15) is 0 Å². The Labute approximate surface area is 101 Å². The minimum absolute atomic E-state index is 0.453. The van der Waals surface area contributed by atoms with E-state index >= 15 is 0 Å². The van der Waals surface area contributed by atoms with Crippen LogP contribution in [0.1, 0.15) is 39.5 Å². The standard InChI is InChI=1S/C13H29N3/c1-3-12(4-2)11-15-7-10-16-8-5-13(14)6-9-16/h12-13,15H,3-11,14H2,1-2H3. The van der Waals surface area contributed by atoms with E-state index in [4.69, 9.17) is 5.73 Å². The summed E-state index contributed by atoms with van der Waals surface area (Å²) in [7, 11) is 0. The van der Waals surface area contributed by atoms with Gasteiger partial charge in [0, 0.05) is 19.1 Å². The van der Waals surface area contributed by atoms with E-state index in [-0.39, 0.29) is 0 Å². The summed E-state index contributed by atoms with van der Waals surface area (Å²) < 4.78 is 0. The molecule has 3 nitrogen and oxygen atoms in total. The van der Waals surface area contributed by atoms with Gasteiger partial charge in [-0.15, -0.1) is 0 Å². The first-order chi connectivity index (χ1) is 7.76. The van der Waals surface area contributed by atoms with Gasteiger partial charge in [-0.05, 0) is 38.4 Å². The Morgan fingerprint density at radius 2 is 1.88 bits per heavy atom. The van der Waals surface area contributed by atoms with Crippen molar-refractivity contribution in [2.45, 2.75) is 45.6 Å². The highest BCUT2D eigenvalue weighted by Crippen LogP contribution is 2.07. The maximum Gasteiger partial charge on any atom is 0.0107 e. The summed E-state index contributed by atoms with van der Waals surface area (Å²) in [6, 6.07) is 0.453. The summed E-state index contributed by atoms with van der Waals surface area (Å²) in [5, 5.41) is 3.57. The number of rotatable bonds is 7. The van der Waals surface area contributed by atoms with Crippen LogP contribution in [0.3, 0.4) is 0 Å². The molecule has 96 valence electrons. The van der Waals surface area contributed by atoms with Crippen LogP contribution in [-0.4, -0.2) is 43.7 Å². The summed E-state index contributed by atoms with van der Waals surface area (Å²) in [5.41, 5.74) is 5.89. The summed E-state index contributed by atoms with van der Waals surface area (Å²) in [4.78, 5) is 2.53. The van der Waals surface area contributed by atoms with Crippen LogP contribution in [0.4, 0.5) is 0 Å². The van der Waals surface area contributed by atoms with Crippen molar-refractivity contribution in [2.24, 2.45) is 11.7 Å². The SMILES string of the molecule is CCC(CC)CNCCN1CCC(N)CC1. The van der Waals surface area contributed by atoms with Crippen molar-refractivity contribution in [1.82, 2.24) is 10.2 Å². The van der Waals surface area contributed by atoms with Gasteiger partial charge < -0.3 is 16.0 Å².